The minimum atomic E-state index is -0.548. The van der Waals surface area contributed by atoms with E-state index in [1.807, 2.05) is 20.8 Å². The molecule has 0 spiro atoms. The van der Waals surface area contributed by atoms with E-state index < -0.39 is 23.2 Å². The highest BCUT2D eigenvalue weighted by Gasteiger charge is 2.46. The van der Waals surface area contributed by atoms with Gasteiger partial charge in [0.2, 0.25) is 0 Å². The predicted molar refractivity (Wildman–Crippen MR) is 91.2 cm³/mol. The van der Waals surface area contributed by atoms with E-state index in [9.17, 15) is 9.59 Å². The van der Waals surface area contributed by atoms with E-state index in [1.54, 1.807) is 18.2 Å². The molecule has 1 aromatic carbocycles. The van der Waals surface area contributed by atoms with Crippen molar-refractivity contribution in [3.8, 4) is 11.5 Å². The molecule has 0 bridgehead atoms. The highest BCUT2D eigenvalue weighted by atomic mass is 16.6. The van der Waals surface area contributed by atoms with Crippen LogP contribution in [0.1, 0.15) is 44.0 Å². The van der Waals surface area contributed by atoms with Gasteiger partial charge < -0.3 is 24.3 Å². The van der Waals surface area contributed by atoms with Crippen molar-refractivity contribution in [2.24, 2.45) is 0 Å². The number of alkyl carbamates (subject to hydrolysis) is 1. The highest BCUT2D eigenvalue weighted by Crippen LogP contribution is 2.38. The Kier molecular flexibility index (Phi) is 5.45. The van der Waals surface area contributed by atoms with Crippen LogP contribution >= 0.6 is 0 Å². The normalized spacial score (nSPS) is 15.1. The Morgan fingerprint density at radius 1 is 1.16 bits per heavy atom. The molecule has 0 aromatic heterocycles. The van der Waals surface area contributed by atoms with E-state index >= 15 is 0 Å². The quantitative estimate of drug-likeness (QED) is 0.794. The molecule has 0 atom stereocenters. The number of amides is 1. The zero-order valence-electron chi connectivity index (χ0n) is 15.3. The Labute approximate surface area is 147 Å². The van der Waals surface area contributed by atoms with E-state index in [0.29, 0.717) is 23.7 Å². The number of ether oxygens (including phenoxy) is 4. The van der Waals surface area contributed by atoms with Gasteiger partial charge in [0.25, 0.3) is 0 Å². The number of carbonyl (C=O) groups excluding carboxylic acids is 2. The SMILES string of the molecule is COC(=O)c1ccc(OCC2(NC(=O)OC(C)(C)C)CC2)c(OC)c1. The van der Waals surface area contributed by atoms with Crippen LogP contribution in [0.15, 0.2) is 18.2 Å². The molecule has 1 aliphatic rings. The number of esters is 1. The van der Waals surface area contributed by atoms with Gasteiger partial charge in [-0.1, -0.05) is 0 Å². The van der Waals surface area contributed by atoms with Crippen molar-refractivity contribution in [1.29, 1.82) is 0 Å². The van der Waals surface area contributed by atoms with Crippen LogP contribution in [0.4, 0.5) is 4.79 Å². The summed E-state index contributed by atoms with van der Waals surface area (Å²) in [6.45, 7) is 5.74. The second-order valence-electron chi connectivity index (χ2n) is 7.05. The first-order valence-corrected chi connectivity index (χ1v) is 8.08. The molecule has 1 amide bonds. The third kappa shape index (κ3) is 5.27. The number of carbonyl (C=O) groups is 2. The summed E-state index contributed by atoms with van der Waals surface area (Å²) in [5.41, 5.74) is -0.595. The molecule has 1 N–H and O–H groups in total. The first-order chi connectivity index (χ1) is 11.7. The monoisotopic (exact) mass is 351 g/mol. The molecule has 1 fully saturated rings. The molecule has 1 aromatic rings. The van der Waals surface area contributed by atoms with Crippen molar-refractivity contribution in [2.75, 3.05) is 20.8 Å². The molecule has 1 aliphatic carbocycles. The van der Waals surface area contributed by atoms with Crippen LogP contribution in [-0.4, -0.2) is 44.0 Å². The molecule has 7 nitrogen and oxygen atoms in total. The maximum absolute atomic E-state index is 11.9. The van der Waals surface area contributed by atoms with Gasteiger partial charge in [-0.25, -0.2) is 9.59 Å². The van der Waals surface area contributed by atoms with E-state index in [4.69, 9.17) is 14.2 Å². The molecule has 0 heterocycles. The van der Waals surface area contributed by atoms with Crippen LogP contribution in [-0.2, 0) is 9.47 Å². The lowest BCUT2D eigenvalue weighted by Gasteiger charge is -2.23. The second kappa shape index (κ2) is 7.21. The molecule has 0 aliphatic heterocycles. The average Bonchev–Trinajstić information content (AvgIpc) is 3.29. The summed E-state index contributed by atoms with van der Waals surface area (Å²) in [7, 11) is 2.81. The smallest absolute Gasteiger partial charge is 0.408 e. The van der Waals surface area contributed by atoms with Crippen LogP contribution in [0.2, 0.25) is 0 Å². The maximum Gasteiger partial charge on any atom is 0.408 e. The average molecular weight is 351 g/mol. The maximum atomic E-state index is 11.9. The molecular weight excluding hydrogens is 326 g/mol. The first-order valence-electron chi connectivity index (χ1n) is 8.08. The molecule has 138 valence electrons. The van der Waals surface area contributed by atoms with E-state index in [2.05, 4.69) is 10.1 Å². The van der Waals surface area contributed by atoms with Crippen LogP contribution in [0.3, 0.4) is 0 Å². The lowest BCUT2D eigenvalue weighted by Crippen LogP contribution is -2.44. The van der Waals surface area contributed by atoms with Gasteiger partial charge in [-0.3, -0.25) is 0 Å². The van der Waals surface area contributed by atoms with Crippen LogP contribution < -0.4 is 14.8 Å². The topological polar surface area (TPSA) is 83.1 Å². The summed E-state index contributed by atoms with van der Waals surface area (Å²) in [5, 5.41) is 2.87. The molecule has 1 saturated carbocycles. The number of nitrogens with one attached hydrogen (secondary N) is 1. The summed E-state index contributed by atoms with van der Waals surface area (Å²) in [6, 6.07) is 4.81. The Hall–Kier alpha value is -2.44. The van der Waals surface area contributed by atoms with Crippen molar-refractivity contribution >= 4 is 12.1 Å². The number of benzene rings is 1. The number of rotatable bonds is 6. The van der Waals surface area contributed by atoms with Crippen molar-refractivity contribution in [3.05, 3.63) is 23.8 Å². The fourth-order valence-electron chi connectivity index (χ4n) is 2.22. The van der Waals surface area contributed by atoms with Gasteiger partial charge in [-0.05, 0) is 51.8 Å². The summed E-state index contributed by atoms with van der Waals surface area (Å²) in [4.78, 5) is 23.5. The lowest BCUT2D eigenvalue weighted by atomic mass is 10.2. The summed E-state index contributed by atoms with van der Waals surface area (Å²) >= 11 is 0. The molecule has 2 rings (SSSR count). The van der Waals surface area contributed by atoms with Gasteiger partial charge in [0, 0.05) is 0 Å². The van der Waals surface area contributed by atoms with Crippen LogP contribution in [0, 0.1) is 0 Å². The summed E-state index contributed by atoms with van der Waals surface area (Å²) in [6.07, 6.45) is 1.17. The number of hydrogen-bond acceptors (Lipinski definition) is 6. The Balaban J connectivity index is 1.98. The predicted octanol–water partition coefficient (Wildman–Crippen LogP) is 2.92. The number of methoxy groups -OCH3 is 2. The zero-order chi connectivity index (χ0) is 18.7. The Morgan fingerprint density at radius 2 is 1.84 bits per heavy atom. The van der Waals surface area contributed by atoms with Gasteiger partial charge in [0.1, 0.15) is 12.2 Å². The van der Waals surface area contributed by atoms with Crippen LogP contribution in [0.25, 0.3) is 0 Å². The van der Waals surface area contributed by atoms with Gasteiger partial charge in [0.05, 0.1) is 25.3 Å². The van der Waals surface area contributed by atoms with Gasteiger partial charge >= 0.3 is 12.1 Å². The van der Waals surface area contributed by atoms with Crippen molar-refractivity contribution < 1.29 is 28.5 Å². The van der Waals surface area contributed by atoms with Crippen LogP contribution in [0.5, 0.6) is 11.5 Å². The Bertz CT molecular complexity index is 645. The minimum Gasteiger partial charge on any atom is -0.493 e. The third-order valence-electron chi connectivity index (χ3n) is 3.71. The molecule has 0 radical (unpaired) electrons. The third-order valence-corrected chi connectivity index (χ3v) is 3.71. The fourth-order valence-corrected chi connectivity index (χ4v) is 2.22. The summed E-state index contributed by atoms with van der Waals surface area (Å²) < 4.78 is 21.0. The molecule has 0 unspecified atom stereocenters. The molecular formula is C18H25NO6. The van der Waals surface area contributed by atoms with Crippen molar-refractivity contribution in [2.45, 2.75) is 44.8 Å². The molecule has 0 saturated heterocycles. The van der Waals surface area contributed by atoms with Gasteiger partial charge in [-0.15, -0.1) is 0 Å². The zero-order valence-corrected chi connectivity index (χ0v) is 15.3. The number of hydrogen-bond donors (Lipinski definition) is 1. The highest BCUT2D eigenvalue weighted by molar-refractivity contribution is 5.90. The lowest BCUT2D eigenvalue weighted by molar-refractivity contribution is 0.0475. The summed E-state index contributed by atoms with van der Waals surface area (Å²) in [5.74, 6) is 0.471. The van der Waals surface area contributed by atoms with Gasteiger partial charge in [-0.2, -0.15) is 0 Å². The largest absolute Gasteiger partial charge is 0.493 e. The Morgan fingerprint density at radius 3 is 2.36 bits per heavy atom. The molecule has 25 heavy (non-hydrogen) atoms. The minimum absolute atomic E-state index is 0.292. The van der Waals surface area contributed by atoms with Crippen molar-refractivity contribution in [3.63, 3.8) is 0 Å². The van der Waals surface area contributed by atoms with E-state index in [0.717, 1.165) is 12.8 Å². The van der Waals surface area contributed by atoms with Crippen molar-refractivity contribution in [1.82, 2.24) is 5.32 Å². The van der Waals surface area contributed by atoms with E-state index in [1.165, 1.54) is 14.2 Å². The molecule has 7 heteroatoms. The standard InChI is InChI=1S/C18H25NO6/c1-17(2,3)25-16(21)19-18(8-9-18)11-24-13-7-6-12(15(20)23-5)10-14(13)22-4/h6-7,10H,8-9,11H2,1-5H3,(H,19,21). The van der Waals surface area contributed by atoms with E-state index in [-0.39, 0.29) is 0 Å². The second-order valence-corrected chi connectivity index (χ2v) is 7.05. The van der Waals surface area contributed by atoms with Gasteiger partial charge in [0.15, 0.2) is 11.5 Å². The first kappa shape index (κ1) is 18.9. The fraction of sp³-hybridized carbons (Fsp3) is 0.556.